The maximum absolute atomic E-state index is 12.7. The third-order valence-electron chi connectivity index (χ3n) is 12.6. The highest BCUT2D eigenvalue weighted by Crippen LogP contribution is 2.43. The van der Waals surface area contributed by atoms with Crippen molar-refractivity contribution in [1.82, 2.24) is 0 Å². The average Bonchev–Trinajstić information content (AvgIpc) is 3.46. The monoisotopic (exact) mass is 1140 g/mol. The van der Waals surface area contributed by atoms with Crippen LogP contribution >= 0.6 is 7.82 Å². The van der Waals surface area contributed by atoms with E-state index in [-0.39, 0.29) is 32.6 Å². The molecule has 0 radical (unpaired) electrons. The van der Waals surface area contributed by atoms with Crippen LogP contribution in [-0.4, -0.2) is 49.3 Å². The maximum atomic E-state index is 12.7. The molecule has 0 aromatic carbocycles. The minimum atomic E-state index is -4.41. The van der Waals surface area contributed by atoms with Crippen LogP contribution in [-0.2, 0) is 32.7 Å². The first-order valence-corrected chi connectivity index (χ1v) is 33.1. The molecule has 0 spiro atoms. The van der Waals surface area contributed by atoms with Crippen molar-refractivity contribution in [1.29, 1.82) is 0 Å². The van der Waals surface area contributed by atoms with Gasteiger partial charge in [0.25, 0.3) is 0 Å². The molecule has 0 aliphatic rings. The van der Waals surface area contributed by atoms with Gasteiger partial charge in [-0.1, -0.05) is 261 Å². The Morgan fingerprint density at radius 2 is 0.642 bits per heavy atom. The van der Waals surface area contributed by atoms with Gasteiger partial charge in [-0.05, 0) is 128 Å². The minimum Gasteiger partial charge on any atom is -0.462 e. The van der Waals surface area contributed by atoms with Gasteiger partial charge in [0.2, 0.25) is 0 Å². The Balaban J connectivity index is 4.03. The molecule has 0 aromatic heterocycles. The number of rotatable bonds is 57. The summed E-state index contributed by atoms with van der Waals surface area (Å²) in [6.45, 7) is 3.46. The van der Waals surface area contributed by atoms with Crippen molar-refractivity contribution < 1.29 is 37.6 Å². The van der Waals surface area contributed by atoms with Crippen molar-refractivity contribution in [3.05, 3.63) is 170 Å². The van der Waals surface area contributed by atoms with Crippen molar-refractivity contribution >= 4 is 19.8 Å². The number of allylic oxidation sites excluding steroid dienone is 28. The molecule has 0 aromatic rings. The van der Waals surface area contributed by atoms with Gasteiger partial charge in [-0.2, -0.15) is 0 Å². The second-order valence-electron chi connectivity index (χ2n) is 20.2. The molecule has 3 N–H and O–H groups in total. The number of phosphoric acid groups is 1. The van der Waals surface area contributed by atoms with E-state index in [0.29, 0.717) is 12.8 Å². The number of hydrogen-bond acceptors (Lipinski definition) is 8. The van der Waals surface area contributed by atoms with E-state index < -0.39 is 32.5 Å². The Morgan fingerprint density at radius 3 is 0.963 bits per heavy atom. The lowest BCUT2D eigenvalue weighted by Crippen LogP contribution is -2.29. The molecule has 0 saturated carbocycles. The number of carbonyl (C=O) groups excluding carboxylic acids is 2. The predicted octanol–water partition coefficient (Wildman–Crippen LogP) is 20.6. The fourth-order valence-corrected chi connectivity index (χ4v) is 8.77. The molecule has 81 heavy (non-hydrogen) atoms. The van der Waals surface area contributed by atoms with E-state index in [0.717, 1.165) is 128 Å². The van der Waals surface area contributed by atoms with Gasteiger partial charge in [-0.15, -0.1) is 0 Å². The fraction of sp³-hybridized carbons (Fsp3) is 0.577. The first-order chi connectivity index (χ1) is 39.8. The Bertz CT molecular complexity index is 1930. The summed E-state index contributed by atoms with van der Waals surface area (Å²) in [7, 11) is -4.41. The molecule has 0 saturated heterocycles. The number of unbranched alkanes of at least 4 members (excludes halogenated alkanes) is 16. The lowest BCUT2D eigenvalue weighted by Gasteiger charge is -2.19. The predicted molar refractivity (Wildman–Crippen MR) is 348 cm³/mol. The minimum absolute atomic E-state index is 0.0395. The van der Waals surface area contributed by atoms with E-state index in [9.17, 15) is 19.0 Å². The molecule has 0 aliphatic heterocycles. The zero-order chi connectivity index (χ0) is 58.7. The molecular weight excluding hydrogens is 1030 g/mol. The van der Waals surface area contributed by atoms with Crippen LogP contribution in [0.3, 0.4) is 0 Å². The highest BCUT2D eigenvalue weighted by molar-refractivity contribution is 7.47. The molecule has 0 rings (SSSR count). The topological polar surface area (TPSA) is 134 Å². The Labute approximate surface area is 495 Å². The summed E-state index contributed by atoms with van der Waals surface area (Å²) in [6, 6.07) is 0. The van der Waals surface area contributed by atoms with Crippen LogP contribution in [0.25, 0.3) is 0 Å². The van der Waals surface area contributed by atoms with Crippen LogP contribution in [0.1, 0.15) is 232 Å². The van der Waals surface area contributed by atoms with Crippen LogP contribution in [0.2, 0.25) is 0 Å². The molecule has 0 aliphatic carbocycles. The van der Waals surface area contributed by atoms with Crippen LogP contribution < -0.4 is 5.73 Å². The fourth-order valence-electron chi connectivity index (χ4n) is 8.01. The van der Waals surface area contributed by atoms with Gasteiger partial charge >= 0.3 is 19.8 Å². The smallest absolute Gasteiger partial charge is 0.462 e. The van der Waals surface area contributed by atoms with Gasteiger partial charge in [0, 0.05) is 19.4 Å². The first kappa shape index (κ1) is 76.4. The van der Waals surface area contributed by atoms with Crippen molar-refractivity contribution in [2.75, 3.05) is 26.4 Å². The Kier molecular flexibility index (Phi) is 60.8. The molecule has 0 heterocycles. The first-order valence-electron chi connectivity index (χ1n) is 31.6. The number of hydrogen-bond donors (Lipinski definition) is 2. The zero-order valence-corrected chi connectivity index (χ0v) is 51.8. The summed E-state index contributed by atoms with van der Waals surface area (Å²) in [5.41, 5.74) is 5.39. The summed E-state index contributed by atoms with van der Waals surface area (Å²) < 4.78 is 33.1. The summed E-state index contributed by atoms with van der Waals surface area (Å²) in [5, 5.41) is 0. The summed E-state index contributed by atoms with van der Waals surface area (Å²) >= 11 is 0. The molecule has 0 fully saturated rings. The zero-order valence-electron chi connectivity index (χ0n) is 50.9. The largest absolute Gasteiger partial charge is 0.472 e. The van der Waals surface area contributed by atoms with E-state index in [4.69, 9.17) is 24.3 Å². The van der Waals surface area contributed by atoms with Gasteiger partial charge in [-0.3, -0.25) is 18.6 Å². The van der Waals surface area contributed by atoms with Gasteiger partial charge in [0.05, 0.1) is 13.2 Å². The second-order valence-corrected chi connectivity index (χ2v) is 21.6. The van der Waals surface area contributed by atoms with Gasteiger partial charge < -0.3 is 20.1 Å². The molecule has 0 amide bonds. The number of esters is 2. The van der Waals surface area contributed by atoms with Crippen molar-refractivity contribution in [3.8, 4) is 0 Å². The molecule has 9 nitrogen and oxygen atoms in total. The van der Waals surface area contributed by atoms with E-state index in [1.54, 1.807) is 0 Å². The van der Waals surface area contributed by atoms with Gasteiger partial charge in [0.15, 0.2) is 6.10 Å². The maximum Gasteiger partial charge on any atom is 0.472 e. The number of carbonyl (C=O) groups is 2. The van der Waals surface area contributed by atoms with Gasteiger partial charge in [-0.25, -0.2) is 4.57 Å². The lowest BCUT2D eigenvalue weighted by atomic mass is 10.0. The second kappa shape index (κ2) is 64.5. The van der Waals surface area contributed by atoms with Gasteiger partial charge in [0.1, 0.15) is 6.61 Å². The molecule has 0 bridgehead atoms. The van der Waals surface area contributed by atoms with Crippen LogP contribution in [0.5, 0.6) is 0 Å². The third kappa shape index (κ3) is 64.4. The third-order valence-corrected chi connectivity index (χ3v) is 13.6. The summed E-state index contributed by atoms with van der Waals surface area (Å²) in [5.74, 6) is -0.878. The Morgan fingerprint density at radius 1 is 0.370 bits per heavy atom. The van der Waals surface area contributed by atoms with Crippen molar-refractivity contribution in [2.24, 2.45) is 5.73 Å². The SMILES string of the molecule is CC/C=C\C/C=C\C/C=C\C/C=C\C/C=C\C/C=C\C/C=C\CCCCCCCCCCCCCCCC(=O)OC(COC(=O)CCCCC/C=C\C/C=C\C/C=C\C/C=C\C/C=C\C/C=C\C/C=C\CC)COP(=O)(O)OCCN. The average molecular weight is 1140 g/mol. The van der Waals surface area contributed by atoms with Crippen LogP contribution in [0.15, 0.2) is 170 Å². The van der Waals surface area contributed by atoms with E-state index in [1.807, 2.05) is 0 Å². The number of phosphoric ester groups is 1. The molecular formula is C71H114NO8P. The van der Waals surface area contributed by atoms with Crippen molar-refractivity contribution in [3.63, 3.8) is 0 Å². The van der Waals surface area contributed by atoms with Crippen LogP contribution in [0, 0.1) is 0 Å². The molecule has 2 atom stereocenters. The van der Waals surface area contributed by atoms with E-state index >= 15 is 0 Å². The van der Waals surface area contributed by atoms with Crippen LogP contribution in [0.4, 0.5) is 0 Å². The van der Waals surface area contributed by atoms with E-state index in [2.05, 4.69) is 184 Å². The summed E-state index contributed by atoms with van der Waals surface area (Å²) in [6.07, 6.45) is 95.6. The lowest BCUT2D eigenvalue weighted by molar-refractivity contribution is -0.161. The number of ether oxygens (including phenoxy) is 2. The highest BCUT2D eigenvalue weighted by atomic mass is 31.2. The standard InChI is InChI=1S/C71H114NO8P/c1-3-5-7-9-11-13-15-17-19-21-23-25-27-29-30-31-32-33-34-35-36-37-38-40-42-44-46-48-50-52-54-56-58-60-62-64-71(74)80-69(68-79-81(75,76)78-66-65-72)67-77-70(73)63-61-59-57-55-53-51-49-47-45-43-41-39-28-26-24-22-20-18-16-14-12-10-8-6-4-2/h5-8,11-14,17-20,23-26,29-30,32-33,35-36,39,41,45,47,51,53,69H,3-4,9-10,15-16,21-22,27-28,31,34,37-38,40,42-44,46,48-50,52,54-68,72H2,1-2H3,(H,75,76)/b7-5-,8-6-,13-11-,14-12-,19-17-,20-18-,25-23-,26-24-,30-29-,33-32-,36-35-,41-39-,47-45-,53-51-. The van der Waals surface area contributed by atoms with E-state index in [1.165, 1.54) is 64.2 Å². The summed E-state index contributed by atoms with van der Waals surface area (Å²) in [4.78, 5) is 35.3. The molecule has 2 unspecified atom stereocenters. The number of nitrogens with two attached hydrogens (primary N) is 1. The molecule has 10 heteroatoms. The van der Waals surface area contributed by atoms with Crippen molar-refractivity contribution in [2.45, 2.75) is 238 Å². The Hall–Kier alpha value is -4.63. The normalized spacial score (nSPS) is 14.2. The molecule has 456 valence electrons. The quantitative estimate of drug-likeness (QED) is 0.0264. The highest BCUT2D eigenvalue weighted by Gasteiger charge is 2.26.